The molecule has 0 aliphatic carbocycles. The molecule has 0 radical (unpaired) electrons. The fraction of sp³-hybridized carbons (Fsp3) is 0.667. The number of hydrogen-bond donors (Lipinski definition) is 0. The zero-order valence-corrected chi connectivity index (χ0v) is 13.8. The summed E-state index contributed by atoms with van der Waals surface area (Å²) in [6.45, 7) is 0.639. The van der Waals surface area contributed by atoms with Crippen LogP contribution in [0.25, 0.3) is 0 Å². The minimum atomic E-state index is -3.47. The van der Waals surface area contributed by atoms with E-state index in [1.807, 2.05) is 6.07 Å². The van der Waals surface area contributed by atoms with Crippen LogP contribution in [0, 0.1) is 0 Å². The van der Waals surface area contributed by atoms with Gasteiger partial charge < -0.3 is 9.47 Å². The minimum absolute atomic E-state index is 0.225. The highest BCUT2D eigenvalue weighted by atomic mass is 35.5. The van der Waals surface area contributed by atoms with Crippen molar-refractivity contribution in [3.63, 3.8) is 0 Å². The number of nitrogens with zero attached hydrogens (tertiary/aromatic N) is 1. The molecule has 5 nitrogen and oxygen atoms in total. The van der Waals surface area contributed by atoms with Crippen molar-refractivity contribution >= 4 is 33.0 Å². The van der Waals surface area contributed by atoms with E-state index < -0.39 is 10.0 Å². The van der Waals surface area contributed by atoms with Crippen LogP contribution in [0.2, 0.25) is 0 Å². The Morgan fingerprint density at radius 2 is 1.90 bits per heavy atom. The first-order valence-electron chi connectivity index (χ1n) is 6.23. The average molecular weight is 340 g/mol. The Labute approximate surface area is 128 Å². The molecule has 0 saturated carbocycles. The van der Waals surface area contributed by atoms with E-state index in [2.05, 4.69) is 0 Å². The van der Waals surface area contributed by atoms with Crippen LogP contribution < -0.4 is 0 Å². The number of rotatable bonds is 6. The maximum absolute atomic E-state index is 12.6. The number of methoxy groups -OCH3 is 2. The summed E-state index contributed by atoms with van der Waals surface area (Å²) in [6.07, 6.45) is 0.234. The molecular weight excluding hydrogens is 322 g/mol. The lowest BCUT2D eigenvalue weighted by atomic mass is 10.3. The van der Waals surface area contributed by atoms with E-state index in [-0.39, 0.29) is 12.2 Å². The number of aryl methyl sites for hydroxylation is 1. The standard InChI is InChI=1S/C12H18ClNO4S2/c1-17-10-7-14(8-11(10)18-2)20(15,16)12-4-3-9(19-12)5-6-13/h3-4,10-11H,5-8H2,1-2H3. The molecule has 114 valence electrons. The summed E-state index contributed by atoms with van der Waals surface area (Å²) < 4.78 is 37.5. The van der Waals surface area contributed by atoms with Gasteiger partial charge in [-0.05, 0) is 18.6 Å². The molecule has 1 aromatic rings. The highest BCUT2D eigenvalue weighted by molar-refractivity contribution is 7.91. The lowest BCUT2D eigenvalue weighted by Crippen LogP contribution is -2.29. The van der Waals surface area contributed by atoms with Gasteiger partial charge in [0.1, 0.15) is 4.21 Å². The lowest BCUT2D eigenvalue weighted by molar-refractivity contribution is -0.00461. The van der Waals surface area contributed by atoms with Gasteiger partial charge in [-0.1, -0.05) is 0 Å². The Kier molecular flexibility index (Phi) is 5.44. The molecule has 0 N–H and O–H groups in total. The number of alkyl halides is 1. The van der Waals surface area contributed by atoms with Crippen LogP contribution in [0.15, 0.2) is 16.3 Å². The van der Waals surface area contributed by atoms with Crippen LogP contribution in [-0.4, -0.2) is 58.1 Å². The van der Waals surface area contributed by atoms with Gasteiger partial charge in [0.2, 0.25) is 0 Å². The third-order valence-electron chi connectivity index (χ3n) is 3.36. The van der Waals surface area contributed by atoms with Crippen LogP contribution in [0.3, 0.4) is 0 Å². The van der Waals surface area contributed by atoms with Crippen LogP contribution in [-0.2, 0) is 25.9 Å². The van der Waals surface area contributed by atoms with Crippen molar-refractivity contribution in [3.05, 3.63) is 17.0 Å². The predicted molar refractivity (Wildman–Crippen MR) is 79.1 cm³/mol. The van der Waals surface area contributed by atoms with E-state index >= 15 is 0 Å². The molecule has 20 heavy (non-hydrogen) atoms. The summed E-state index contributed by atoms with van der Waals surface area (Å²) in [6, 6.07) is 3.46. The monoisotopic (exact) mass is 339 g/mol. The third kappa shape index (κ3) is 3.18. The molecular formula is C12H18ClNO4S2. The van der Waals surface area contributed by atoms with Gasteiger partial charge in [0.15, 0.2) is 0 Å². The van der Waals surface area contributed by atoms with E-state index in [4.69, 9.17) is 21.1 Å². The summed E-state index contributed by atoms with van der Waals surface area (Å²) in [5, 5.41) is 0. The van der Waals surface area contributed by atoms with Crippen LogP contribution in [0.5, 0.6) is 0 Å². The second kappa shape index (κ2) is 6.72. The normalized spacial score (nSPS) is 24.4. The molecule has 0 spiro atoms. The van der Waals surface area contributed by atoms with Gasteiger partial charge in [-0.15, -0.1) is 22.9 Å². The summed E-state index contributed by atoms with van der Waals surface area (Å²) in [4.78, 5) is 0.976. The van der Waals surface area contributed by atoms with Crippen molar-refractivity contribution in [1.29, 1.82) is 0 Å². The van der Waals surface area contributed by atoms with Gasteiger partial charge in [0.25, 0.3) is 10.0 Å². The maximum atomic E-state index is 12.6. The number of sulfonamides is 1. The topological polar surface area (TPSA) is 55.8 Å². The number of ether oxygens (including phenoxy) is 2. The Balaban J connectivity index is 2.18. The Morgan fingerprint density at radius 3 is 2.40 bits per heavy atom. The molecule has 1 fully saturated rings. The molecule has 2 atom stereocenters. The van der Waals surface area contributed by atoms with Gasteiger partial charge in [0, 0.05) is 38.1 Å². The van der Waals surface area contributed by atoms with Crippen molar-refractivity contribution in [1.82, 2.24) is 4.31 Å². The molecule has 2 unspecified atom stereocenters. The van der Waals surface area contributed by atoms with Crippen LogP contribution >= 0.6 is 22.9 Å². The van der Waals surface area contributed by atoms with Gasteiger partial charge in [-0.2, -0.15) is 4.31 Å². The largest absolute Gasteiger partial charge is 0.377 e. The Bertz CT molecular complexity index is 533. The molecule has 0 bridgehead atoms. The first-order valence-corrected chi connectivity index (χ1v) is 9.02. The van der Waals surface area contributed by atoms with E-state index in [1.165, 1.54) is 15.6 Å². The van der Waals surface area contributed by atoms with Crippen molar-refractivity contribution in [2.24, 2.45) is 0 Å². The summed E-state index contributed by atoms with van der Waals surface area (Å²) in [5.41, 5.74) is 0. The van der Waals surface area contributed by atoms with Crippen molar-refractivity contribution < 1.29 is 17.9 Å². The highest BCUT2D eigenvalue weighted by Crippen LogP contribution is 2.29. The SMILES string of the molecule is COC1CN(S(=O)(=O)c2ccc(CCCl)s2)CC1OC. The quantitative estimate of drug-likeness (QED) is 0.738. The van der Waals surface area contributed by atoms with Gasteiger partial charge in [-0.3, -0.25) is 0 Å². The number of halogens is 1. The molecule has 0 aromatic carbocycles. The first-order chi connectivity index (χ1) is 9.52. The smallest absolute Gasteiger partial charge is 0.252 e. The first kappa shape index (κ1) is 16.2. The Morgan fingerprint density at radius 1 is 1.30 bits per heavy atom. The maximum Gasteiger partial charge on any atom is 0.252 e. The highest BCUT2D eigenvalue weighted by Gasteiger charge is 2.40. The van der Waals surface area contributed by atoms with Crippen molar-refractivity contribution in [2.45, 2.75) is 22.8 Å². The van der Waals surface area contributed by atoms with Gasteiger partial charge in [-0.25, -0.2) is 8.42 Å². The summed E-state index contributed by atoms with van der Waals surface area (Å²) in [5.74, 6) is 0.487. The van der Waals surface area contributed by atoms with E-state index in [9.17, 15) is 8.42 Å². The molecule has 1 aliphatic rings. The summed E-state index contributed by atoms with van der Waals surface area (Å²) >= 11 is 6.95. The second-order valence-electron chi connectivity index (χ2n) is 4.53. The minimum Gasteiger partial charge on any atom is -0.377 e. The number of thiophene rings is 1. The van der Waals surface area contributed by atoms with Crippen LogP contribution in [0.4, 0.5) is 0 Å². The second-order valence-corrected chi connectivity index (χ2v) is 8.24. The molecule has 0 amide bonds. The van der Waals surface area contributed by atoms with Gasteiger partial charge in [0.05, 0.1) is 12.2 Å². The fourth-order valence-corrected chi connectivity index (χ4v) is 5.50. The molecule has 1 saturated heterocycles. The fourth-order valence-electron chi connectivity index (χ4n) is 2.21. The molecule has 2 rings (SSSR count). The van der Waals surface area contributed by atoms with Crippen molar-refractivity contribution in [3.8, 4) is 0 Å². The van der Waals surface area contributed by atoms with E-state index in [1.54, 1.807) is 20.3 Å². The predicted octanol–water partition coefficient (Wildman–Crippen LogP) is 1.56. The van der Waals surface area contributed by atoms with E-state index in [0.717, 1.165) is 4.88 Å². The zero-order valence-electron chi connectivity index (χ0n) is 11.4. The molecule has 1 aliphatic heterocycles. The van der Waals surface area contributed by atoms with Gasteiger partial charge >= 0.3 is 0 Å². The molecule has 2 heterocycles. The Hall–Kier alpha value is -0.180. The average Bonchev–Trinajstić information content (AvgIpc) is 3.05. The van der Waals surface area contributed by atoms with Crippen molar-refractivity contribution in [2.75, 3.05) is 33.2 Å². The lowest BCUT2D eigenvalue weighted by Gasteiger charge is -2.14. The zero-order chi connectivity index (χ0) is 14.8. The molecule has 8 heteroatoms. The number of hydrogen-bond acceptors (Lipinski definition) is 5. The third-order valence-corrected chi connectivity index (χ3v) is 6.99. The summed E-state index contributed by atoms with van der Waals surface area (Å²) in [7, 11) is -0.341. The van der Waals surface area contributed by atoms with E-state index in [0.29, 0.717) is 29.6 Å². The molecule has 1 aromatic heterocycles. The van der Waals surface area contributed by atoms with Crippen LogP contribution in [0.1, 0.15) is 4.88 Å².